The molecule has 1 amide bonds. The smallest absolute Gasteiger partial charge is 0.274 e. The number of carbonyl (C=O) groups is 1. The van der Waals surface area contributed by atoms with E-state index >= 15 is 0 Å². The number of fused-ring (bicyclic) bond motifs is 2. The summed E-state index contributed by atoms with van der Waals surface area (Å²) in [4.78, 5) is 27.7. The average molecular weight is 346 g/mol. The van der Waals surface area contributed by atoms with Crippen molar-refractivity contribution >= 4 is 27.6 Å². The van der Waals surface area contributed by atoms with E-state index in [1.807, 2.05) is 48.7 Å². The molecule has 0 unspecified atom stereocenters. The Morgan fingerprint density at radius 2 is 1.96 bits per heavy atom. The molecule has 2 heterocycles. The van der Waals surface area contributed by atoms with Gasteiger partial charge in [-0.3, -0.25) is 9.59 Å². The maximum absolute atomic E-state index is 12.4. The van der Waals surface area contributed by atoms with Crippen molar-refractivity contribution in [3.05, 3.63) is 76.3 Å². The number of H-pyrrole nitrogens is 1. The molecular weight excluding hydrogens is 328 g/mol. The molecule has 0 aliphatic carbocycles. The minimum Gasteiger partial charge on any atom is -0.361 e. The average Bonchev–Trinajstić information content (AvgIpc) is 3.12. The number of hydrogen-bond acceptors (Lipinski definition) is 3. The van der Waals surface area contributed by atoms with Gasteiger partial charge in [-0.15, -0.1) is 0 Å². The number of nitrogens with zero attached hydrogens (tertiary/aromatic N) is 2. The summed E-state index contributed by atoms with van der Waals surface area (Å²) in [7, 11) is 1.60. The largest absolute Gasteiger partial charge is 0.361 e. The Hall–Kier alpha value is -3.41. The first kappa shape index (κ1) is 16.1. The summed E-state index contributed by atoms with van der Waals surface area (Å²) >= 11 is 0. The Morgan fingerprint density at radius 1 is 1.15 bits per heavy atom. The van der Waals surface area contributed by atoms with Gasteiger partial charge in [0.2, 0.25) is 5.91 Å². The number of benzene rings is 2. The van der Waals surface area contributed by atoms with E-state index in [2.05, 4.69) is 15.4 Å². The third kappa shape index (κ3) is 2.97. The number of carbonyl (C=O) groups excluding carboxylic acids is 1. The van der Waals surface area contributed by atoms with E-state index in [-0.39, 0.29) is 17.9 Å². The molecule has 0 saturated carbocycles. The number of aryl methyl sites for hydroxylation is 1. The summed E-state index contributed by atoms with van der Waals surface area (Å²) < 4.78 is 1.28. The highest BCUT2D eigenvalue weighted by Gasteiger charge is 2.12. The summed E-state index contributed by atoms with van der Waals surface area (Å²) in [5, 5.41) is 9.63. The van der Waals surface area contributed by atoms with E-state index in [0.717, 1.165) is 21.9 Å². The van der Waals surface area contributed by atoms with E-state index in [9.17, 15) is 9.59 Å². The Labute approximate surface area is 149 Å². The van der Waals surface area contributed by atoms with E-state index in [1.54, 1.807) is 13.1 Å². The minimum absolute atomic E-state index is 0.124. The monoisotopic (exact) mass is 346 g/mol. The summed E-state index contributed by atoms with van der Waals surface area (Å²) in [6.45, 7) is 0.442. The number of aromatic nitrogens is 3. The highest BCUT2D eigenvalue weighted by molar-refractivity contribution is 5.88. The van der Waals surface area contributed by atoms with Crippen LogP contribution in [0.1, 0.15) is 11.3 Å². The lowest BCUT2D eigenvalue weighted by molar-refractivity contribution is -0.120. The van der Waals surface area contributed by atoms with Gasteiger partial charge in [-0.05, 0) is 29.1 Å². The number of amides is 1. The normalized spacial score (nSPS) is 11.1. The van der Waals surface area contributed by atoms with Gasteiger partial charge in [0.25, 0.3) is 5.56 Å². The van der Waals surface area contributed by atoms with Crippen LogP contribution in [-0.4, -0.2) is 20.7 Å². The fraction of sp³-hybridized carbons (Fsp3) is 0.150. The molecule has 2 aromatic heterocycles. The van der Waals surface area contributed by atoms with Crippen molar-refractivity contribution in [3.63, 3.8) is 0 Å². The maximum atomic E-state index is 12.4. The lowest BCUT2D eigenvalue weighted by Gasteiger charge is -2.09. The van der Waals surface area contributed by atoms with Gasteiger partial charge in [-0.2, -0.15) is 5.10 Å². The molecule has 0 spiro atoms. The Bertz CT molecular complexity index is 1170. The van der Waals surface area contributed by atoms with Crippen LogP contribution in [0.15, 0.2) is 59.5 Å². The van der Waals surface area contributed by atoms with Crippen LogP contribution in [0.2, 0.25) is 0 Å². The third-order valence-corrected chi connectivity index (χ3v) is 4.47. The van der Waals surface area contributed by atoms with Crippen LogP contribution < -0.4 is 10.9 Å². The summed E-state index contributed by atoms with van der Waals surface area (Å²) in [6, 6.07) is 15.3. The quantitative estimate of drug-likeness (QED) is 0.595. The van der Waals surface area contributed by atoms with Crippen molar-refractivity contribution in [2.45, 2.75) is 13.0 Å². The zero-order valence-electron chi connectivity index (χ0n) is 14.3. The van der Waals surface area contributed by atoms with E-state index in [0.29, 0.717) is 17.6 Å². The molecule has 0 saturated heterocycles. The number of hydrogen-bond donors (Lipinski definition) is 2. The molecule has 0 fully saturated rings. The van der Waals surface area contributed by atoms with Gasteiger partial charge in [0.05, 0.1) is 17.5 Å². The van der Waals surface area contributed by atoms with Crippen LogP contribution >= 0.6 is 0 Å². The predicted octanol–water partition coefficient (Wildman–Crippen LogP) is 2.27. The second-order valence-electron chi connectivity index (χ2n) is 6.27. The van der Waals surface area contributed by atoms with Crippen LogP contribution in [0.3, 0.4) is 0 Å². The van der Waals surface area contributed by atoms with Gasteiger partial charge >= 0.3 is 0 Å². The molecule has 2 N–H and O–H groups in total. The topological polar surface area (TPSA) is 79.8 Å². The Kier molecular flexibility index (Phi) is 4.01. The highest BCUT2D eigenvalue weighted by atomic mass is 16.1. The molecule has 130 valence electrons. The maximum Gasteiger partial charge on any atom is 0.274 e. The van der Waals surface area contributed by atoms with E-state index in [4.69, 9.17) is 0 Å². The summed E-state index contributed by atoms with van der Waals surface area (Å²) in [5.74, 6) is -0.132. The van der Waals surface area contributed by atoms with Gasteiger partial charge in [-0.1, -0.05) is 30.3 Å². The van der Waals surface area contributed by atoms with Gasteiger partial charge < -0.3 is 10.3 Å². The van der Waals surface area contributed by atoms with E-state index < -0.39 is 0 Å². The molecule has 0 radical (unpaired) electrons. The number of aromatic amines is 1. The first-order valence-electron chi connectivity index (χ1n) is 8.39. The Balaban J connectivity index is 1.52. The van der Waals surface area contributed by atoms with Crippen LogP contribution in [0.5, 0.6) is 0 Å². The molecule has 4 rings (SSSR count). The molecule has 0 aliphatic heterocycles. The first-order chi connectivity index (χ1) is 12.6. The molecule has 2 aromatic carbocycles. The van der Waals surface area contributed by atoms with Gasteiger partial charge in [-0.25, -0.2) is 4.68 Å². The molecule has 6 heteroatoms. The standard InChI is InChI=1S/C20H18N4O2/c1-24-20(26)16-5-3-2-4-15(16)18(23-24)11-19(25)22-12-13-6-7-14-8-9-21-17(14)10-13/h2-10,21H,11-12H2,1H3,(H,22,25). The number of rotatable bonds is 4. The van der Waals surface area contributed by atoms with Crippen LogP contribution in [0.25, 0.3) is 21.7 Å². The molecule has 0 aliphatic rings. The molecule has 6 nitrogen and oxygen atoms in total. The molecule has 0 atom stereocenters. The van der Waals surface area contributed by atoms with Crippen molar-refractivity contribution in [1.82, 2.24) is 20.1 Å². The summed E-state index contributed by atoms with van der Waals surface area (Å²) in [6.07, 6.45) is 2.02. The van der Waals surface area contributed by atoms with Crippen molar-refractivity contribution in [3.8, 4) is 0 Å². The minimum atomic E-state index is -0.163. The fourth-order valence-corrected chi connectivity index (χ4v) is 3.13. The summed E-state index contributed by atoms with van der Waals surface area (Å²) in [5.41, 5.74) is 2.50. The van der Waals surface area contributed by atoms with Gasteiger partial charge in [0.15, 0.2) is 0 Å². The molecule has 4 aromatic rings. The molecule has 0 bridgehead atoms. The van der Waals surface area contributed by atoms with Crippen LogP contribution in [-0.2, 0) is 24.8 Å². The molecule has 26 heavy (non-hydrogen) atoms. The SMILES string of the molecule is Cn1nc(CC(=O)NCc2ccc3cc[nH]c3c2)c2ccccc2c1=O. The Morgan fingerprint density at radius 3 is 2.81 bits per heavy atom. The van der Waals surface area contributed by atoms with Crippen molar-refractivity contribution in [1.29, 1.82) is 0 Å². The highest BCUT2D eigenvalue weighted by Crippen LogP contribution is 2.15. The van der Waals surface area contributed by atoms with Gasteiger partial charge in [0.1, 0.15) is 0 Å². The number of nitrogens with one attached hydrogen (secondary N) is 2. The first-order valence-corrected chi connectivity index (χ1v) is 8.39. The zero-order chi connectivity index (χ0) is 18.1. The zero-order valence-corrected chi connectivity index (χ0v) is 14.3. The van der Waals surface area contributed by atoms with Crippen LogP contribution in [0, 0.1) is 0 Å². The van der Waals surface area contributed by atoms with Crippen molar-refractivity contribution in [2.24, 2.45) is 7.05 Å². The third-order valence-electron chi connectivity index (χ3n) is 4.47. The van der Waals surface area contributed by atoms with Crippen LogP contribution in [0.4, 0.5) is 0 Å². The lowest BCUT2D eigenvalue weighted by atomic mass is 10.1. The second kappa shape index (κ2) is 6.48. The second-order valence-corrected chi connectivity index (χ2v) is 6.27. The molecular formula is C20H18N4O2. The van der Waals surface area contributed by atoms with Gasteiger partial charge in [0, 0.05) is 30.7 Å². The van der Waals surface area contributed by atoms with Crippen molar-refractivity contribution < 1.29 is 4.79 Å². The van der Waals surface area contributed by atoms with E-state index in [1.165, 1.54) is 4.68 Å². The lowest BCUT2D eigenvalue weighted by Crippen LogP contribution is -2.27. The fourth-order valence-electron chi connectivity index (χ4n) is 3.13. The van der Waals surface area contributed by atoms with Crippen molar-refractivity contribution in [2.75, 3.05) is 0 Å². The predicted molar refractivity (Wildman–Crippen MR) is 101 cm³/mol.